The molecule has 3 N–H and O–H groups in total. The Balaban J connectivity index is 1.61. The molecule has 0 fully saturated rings. The van der Waals surface area contributed by atoms with E-state index < -0.39 is 73.8 Å². The van der Waals surface area contributed by atoms with Gasteiger partial charge in [-0.1, -0.05) is 36.4 Å². The molecular weight excluding hydrogens is 636 g/mol. The van der Waals surface area contributed by atoms with Gasteiger partial charge in [0, 0.05) is 48.1 Å². The molecule has 5 rings (SSSR count). The van der Waals surface area contributed by atoms with Gasteiger partial charge in [0.2, 0.25) is 24.8 Å². The van der Waals surface area contributed by atoms with Crippen LogP contribution in [0.25, 0.3) is 0 Å². The van der Waals surface area contributed by atoms with Crippen LogP contribution >= 0.6 is 0 Å². The van der Waals surface area contributed by atoms with Gasteiger partial charge in [0.15, 0.2) is 11.5 Å². The van der Waals surface area contributed by atoms with Crippen molar-refractivity contribution in [1.29, 1.82) is 0 Å². The lowest BCUT2D eigenvalue weighted by Crippen LogP contribution is -2.50. The van der Waals surface area contributed by atoms with Crippen LogP contribution in [0.1, 0.15) is 36.8 Å². The van der Waals surface area contributed by atoms with E-state index in [0.29, 0.717) is 16.9 Å². The monoisotopic (exact) mass is 663 g/mol. The Bertz CT molecular complexity index is 1670. The predicted octanol–water partition coefficient (Wildman–Crippen LogP) is 5.17. The van der Waals surface area contributed by atoms with Gasteiger partial charge in [0.1, 0.15) is 5.82 Å². The molecule has 0 saturated carbocycles. The van der Waals surface area contributed by atoms with E-state index in [-0.39, 0.29) is 29.8 Å². The Morgan fingerprint density at radius 3 is 2.13 bits per heavy atom. The van der Waals surface area contributed by atoms with Crippen LogP contribution in [0.2, 0.25) is 0 Å². The first-order chi connectivity index (χ1) is 22.2. The Kier molecular flexibility index (Phi) is 9.40. The topological polar surface area (TPSA) is 136 Å². The number of pyridine rings is 1. The number of carbonyl (C=O) groups is 3. The summed E-state index contributed by atoms with van der Waals surface area (Å²) in [4.78, 5) is 50.2. The number of fused-ring (bicyclic) bond motifs is 2. The number of ether oxygens (including phenoxy) is 2. The second-order valence-electron chi connectivity index (χ2n) is 10.8. The lowest BCUT2D eigenvalue weighted by atomic mass is 9.83. The van der Waals surface area contributed by atoms with Crippen LogP contribution < -0.4 is 25.4 Å². The Morgan fingerprint density at radius 2 is 1.53 bits per heavy atom. The van der Waals surface area contributed by atoms with Gasteiger partial charge >= 0.3 is 12.4 Å². The van der Waals surface area contributed by atoms with Gasteiger partial charge in [-0.25, -0.2) is 9.98 Å². The molecule has 3 amide bonds. The number of alkyl halides is 6. The molecular formula is C31H27F6N5O5. The van der Waals surface area contributed by atoms with Crippen LogP contribution in [0.5, 0.6) is 11.5 Å². The van der Waals surface area contributed by atoms with Crippen LogP contribution in [0, 0.1) is 11.8 Å². The highest BCUT2D eigenvalue weighted by atomic mass is 19.4. The average molecular weight is 664 g/mol. The molecule has 248 valence electrons. The van der Waals surface area contributed by atoms with E-state index in [0.717, 1.165) is 4.90 Å². The third-order valence-electron chi connectivity index (χ3n) is 7.57. The molecule has 47 heavy (non-hydrogen) atoms. The second kappa shape index (κ2) is 13.3. The van der Waals surface area contributed by atoms with Gasteiger partial charge in [0.05, 0.1) is 11.4 Å². The standard InChI is InChI=1S/C31H27F6N5O5/c32-30(33,34)11-9-18(26(38)43)19(10-12-31(35,36)37)28(44)41-27-29(45)42(24-8-4-5-13-39-24)21-15-23-22(46-16-47-23)14-20(21)25(40-27)17-6-2-1-3-7-17/h1-8,13-15,18-19,27H,9-12,16H2,(H2,38,43)(H,41,44)/t18?,19?,27-/m1/s1. The number of aliphatic imine (C=N–C) groups is 1. The van der Waals surface area contributed by atoms with E-state index in [4.69, 9.17) is 15.2 Å². The maximum Gasteiger partial charge on any atom is 0.389 e. The second-order valence-corrected chi connectivity index (χ2v) is 10.8. The van der Waals surface area contributed by atoms with Crippen molar-refractivity contribution in [3.8, 4) is 11.5 Å². The number of carbonyl (C=O) groups excluding carboxylic acids is 3. The summed E-state index contributed by atoms with van der Waals surface area (Å²) < 4.78 is 90.2. The predicted molar refractivity (Wildman–Crippen MR) is 155 cm³/mol. The van der Waals surface area contributed by atoms with Crippen LogP contribution in [0.3, 0.4) is 0 Å². The van der Waals surface area contributed by atoms with Gasteiger partial charge in [-0.15, -0.1) is 0 Å². The van der Waals surface area contributed by atoms with E-state index >= 15 is 0 Å². The summed E-state index contributed by atoms with van der Waals surface area (Å²) in [7, 11) is 0. The fourth-order valence-electron chi connectivity index (χ4n) is 5.38. The van der Waals surface area contributed by atoms with Gasteiger partial charge in [0.25, 0.3) is 5.91 Å². The fraction of sp³-hybridized carbons (Fsp3) is 0.323. The summed E-state index contributed by atoms with van der Waals surface area (Å²) in [6.45, 7) is -0.0963. The van der Waals surface area contributed by atoms with Crippen LogP contribution in [-0.2, 0) is 14.4 Å². The lowest BCUT2D eigenvalue weighted by molar-refractivity contribution is -0.152. The van der Waals surface area contributed by atoms with E-state index in [1.54, 1.807) is 48.5 Å². The molecule has 2 aliphatic rings. The molecule has 2 aliphatic heterocycles. The number of amides is 3. The van der Waals surface area contributed by atoms with Gasteiger partial charge < -0.3 is 20.5 Å². The van der Waals surface area contributed by atoms with Crippen LogP contribution in [-0.4, -0.2) is 53.7 Å². The zero-order chi connectivity index (χ0) is 33.9. The smallest absolute Gasteiger partial charge is 0.389 e. The number of nitrogens with one attached hydrogen (secondary N) is 1. The summed E-state index contributed by atoms with van der Waals surface area (Å²) in [5.74, 6) is -6.83. The molecule has 3 atom stereocenters. The number of primary amides is 1. The zero-order valence-electron chi connectivity index (χ0n) is 24.3. The van der Waals surface area contributed by atoms with E-state index in [2.05, 4.69) is 15.3 Å². The minimum absolute atomic E-state index is 0.0789. The Hall–Kier alpha value is -5.15. The van der Waals surface area contributed by atoms with Crippen molar-refractivity contribution in [2.75, 3.05) is 11.7 Å². The third kappa shape index (κ3) is 7.81. The number of benzene rings is 2. The average Bonchev–Trinajstić information content (AvgIpc) is 3.43. The first-order valence-electron chi connectivity index (χ1n) is 14.3. The maximum atomic E-state index is 14.3. The molecule has 0 saturated heterocycles. The first-order valence-corrected chi connectivity index (χ1v) is 14.3. The number of halogens is 6. The molecule has 10 nitrogen and oxygen atoms in total. The molecule has 0 bridgehead atoms. The van der Waals surface area contributed by atoms with Gasteiger partial charge in [-0.2, -0.15) is 26.3 Å². The molecule has 0 aliphatic carbocycles. The van der Waals surface area contributed by atoms with Crippen molar-refractivity contribution in [2.45, 2.75) is 44.2 Å². The number of hydrogen-bond donors (Lipinski definition) is 2. The molecule has 2 unspecified atom stereocenters. The number of nitrogens with zero attached hydrogens (tertiary/aromatic N) is 3. The Labute approximate surface area is 263 Å². The van der Waals surface area contributed by atoms with Crippen molar-refractivity contribution < 1.29 is 50.2 Å². The quantitative estimate of drug-likeness (QED) is 0.288. The summed E-state index contributed by atoms with van der Waals surface area (Å²) >= 11 is 0. The van der Waals surface area contributed by atoms with Crippen molar-refractivity contribution >= 4 is 34.9 Å². The normalized spacial score (nSPS) is 17.3. The molecule has 0 radical (unpaired) electrons. The Morgan fingerprint density at radius 1 is 0.915 bits per heavy atom. The summed E-state index contributed by atoms with van der Waals surface area (Å²) in [5, 5.41) is 2.30. The molecule has 16 heteroatoms. The van der Waals surface area contributed by atoms with E-state index in [1.807, 2.05) is 0 Å². The molecule has 2 aromatic carbocycles. The third-order valence-corrected chi connectivity index (χ3v) is 7.57. The minimum Gasteiger partial charge on any atom is -0.454 e. The van der Waals surface area contributed by atoms with Crippen LogP contribution in [0.15, 0.2) is 71.9 Å². The zero-order valence-corrected chi connectivity index (χ0v) is 24.3. The maximum absolute atomic E-state index is 14.3. The molecule has 3 aromatic rings. The largest absolute Gasteiger partial charge is 0.454 e. The number of rotatable bonds is 10. The highest BCUT2D eigenvalue weighted by Gasteiger charge is 2.42. The summed E-state index contributed by atoms with van der Waals surface area (Å²) in [5.41, 5.74) is 6.51. The highest BCUT2D eigenvalue weighted by molar-refractivity contribution is 6.22. The first kappa shape index (κ1) is 33.2. The van der Waals surface area contributed by atoms with E-state index in [1.165, 1.54) is 18.3 Å². The van der Waals surface area contributed by atoms with Crippen LogP contribution in [0.4, 0.5) is 37.8 Å². The molecule has 1 aromatic heterocycles. The molecule has 0 spiro atoms. The van der Waals surface area contributed by atoms with Crippen molar-refractivity contribution in [2.24, 2.45) is 22.6 Å². The van der Waals surface area contributed by atoms with E-state index in [9.17, 15) is 40.7 Å². The number of nitrogens with two attached hydrogens (primary N) is 1. The lowest BCUT2D eigenvalue weighted by Gasteiger charge is -2.28. The SMILES string of the molecule is NC(=O)C(CCC(F)(F)F)C(CCC(F)(F)F)C(=O)N[C@H]1N=C(c2ccccc2)c2cc3c(cc2N(c2ccccn2)C1=O)OCO3. The highest BCUT2D eigenvalue weighted by Crippen LogP contribution is 2.43. The number of aromatic nitrogens is 1. The van der Waals surface area contributed by atoms with Crippen molar-refractivity contribution in [3.63, 3.8) is 0 Å². The fourth-order valence-corrected chi connectivity index (χ4v) is 5.38. The van der Waals surface area contributed by atoms with Crippen molar-refractivity contribution in [3.05, 3.63) is 78.0 Å². The minimum atomic E-state index is -4.82. The van der Waals surface area contributed by atoms with Crippen molar-refractivity contribution in [1.82, 2.24) is 10.3 Å². The number of hydrogen-bond acceptors (Lipinski definition) is 7. The van der Waals surface area contributed by atoms with Gasteiger partial charge in [-0.3, -0.25) is 19.3 Å². The molecule has 3 heterocycles. The number of anilines is 2. The summed E-state index contributed by atoms with van der Waals surface area (Å²) in [6.07, 6.45) is -15.3. The summed E-state index contributed by atoms with van der Waals surface area (Å²) in [6, 6.07) is 16.2. The van der Waals surface area contributed by atoms with Gasteiger partial charge in [-0.05, 0) is 31.0 Å².